The maximum Gasteiger partial charge on any atom is 0.330 e. The van der Waals surface area contributed by atoms with Crippen LogP contribution < -0.4 is 0 Å². The molecule has 1 radical (unpaired) electrons. The minimum Gasteiger partial charge on any atom is -0.463 e. The summed E-state index contributed by atoms with van der Waals surface area (Å²) in [6.45, 7) is 5.85. The van der Waals surface area contributed by atoms with E-state index in [1.807, 2.05) is 0 Å². The van der Waals surface area contributed by atoms with E-state index in [4.69, 9.17) is 0 Å². The van der Waals surface area contributed by atoms with E-state index < -0.39 is 0 Å². The number of ether oxygens (including phenoxy) is 1. The summed E-state index contributed by atoms with van der Waals surface area (Å²) in [6, 6.07) is 0. The predicted molar refractivity (Wildman–Crippen MR) is 40.4 cm³/mol. The van der Waals surface area contributed by atoms with E-state index in [2.05, 4.69) is 11.7 Å². The van der Waals surface area contributed by atoms with Crippen LogP contribution >= 0.6 is 0 Å². The summed E-state index contributed by atoms with van der Waals surface area (Å²) in [5.74, 6) is -0.268. The summed E-state index contributed by atoms with van der Waals surface area (Å²) >= 11 is 0. The van der Waals surface area contributed by atoms with Crippen molar-refractivity contribution < 1.29 is 9.53 Å². The smallest absolute Gasteiger partial charge is 0.330 e. The Kier molecular flexibility index (Phi) is 5.83. The Morgan fingerprint density at radius 2 is 2.40 bits per heavy atom. The van der Waals surface area contributed by atoms with Gasteiger partial charge in [-0.05, 0) is 19.8 Å². The second-order valence-electron chi connectivity index (χ2n) is 1.80. The Balaban J connectivity index is 3.36. The Morgan fingerprint density at radius 3 is 2.90 bits per heavy atom. The molecule has 2 nitrogen and oxygen atoms in total. The van der Waals surface area contributed by atoms with Gasteiger partial charge in [0.2, 0.25) is 0 Å². The van der Waals surface area contributed by atoms with Gasteiger partial charge in [-0.25, -0.2) is 4.79 Å². The van der Waals surface area contributed by atoms with Crippen LogP contribution in [0.25, 0.3) is 0 Å². The van der Waals surface area contributed by atoms with Gasteiger partial charge < -0.3 is 4.74 Å². The zero-order chi connectivity index (χ0) is 7.82. The maximum absolute atomic E-state index is 10.6. The van der Waals surface area contributed by atoms with Crippen LogP contribution in [0.5, 0.6) is 0 Å². The number of esters is 1. The number of rotatable bonds is 4. The molecule has 0 saturated carbocycles. The van der Waals surface area contributed by atoms with Gasteiger partial charge >= 0.3 is 5.97 Å². The minimum absolute atomic E-state index is 0.268. The molecule has 0 heterocycles. The number of hydrogen-bond acceptors (Lipinski definition) is 2. The number of hydrogen-bond donors (Lipinski definition) is 0. The van der Waals surface area contributed by atoms with Gasteiger partial charge in [-0.3, -0.25) is 0 Å². The minimum atomic E-state index is -0.268. The molecule has 0 aliphatic carbocycles. The number of allylic oxidation sites excluding steroid dienone is 1. The number of carbonyl (C=O) groups is 1. The van der Waals surface area contributed by atoms with Crippen molar-refractivity contribution >= 4 is 5.97 Å². The van der Waals surface area contributed by atoms with Crippen molar-refractivity contribution in [2.75, 3.05) is 6.61 Å². The molecule has 57 valence electrons. The molecule has 0 aromatic rings. The zero-order valence-corrected chi connectivity index (χ0v) is 6.30. The third-order valence-corrected chi connectivity index (χ3v) is 0.911. The second-order valence-corrected chi connectivity index (χ2v) is 1.80. The summed E-state index contributed by atoms with van der Waals surface area (Å²) in [5, 5.41) is 0. The first kappa shape index (κ1) is 9.21. The lowest BCUT2D eigenvalue weighted by Crippen LogP contribution is -1.98. The first-order valence-corrected chi connectivity index (χ1v) is 3.43. The lowest BCUT2D eigenvalue weighted by atomic mass is 10.3. The molecule has 0 N–H and O–H groups in total. The molecule has 0 amide bonds. The fraction of sp³-hybridized carbons (Fsp3) is 0.500. The van der Waals surface area contributed by atoms with Gasteiger partial charge in [0.05, 0.1) is 6.61 Å². The molecule has 0 aromatic heterocycles. The molecule has 0 aromatic carbocycles. The molecule has 10 heavy (non-hydrogen) atoms. The molecule has 0 aliphatic rings. The van der Waals surface area contributed by atoms with Crippen LogP contribution in [0.1, 0.15) is 19.8 Å². The van der Waals surface area contributed by atoms with Gasteiger partial charge in [0.25, 0.3) is 0 Å². The molecular weight excluding hydrogens is 128 g/mol. The highest BCUT2D eigenvalue weighted by Gasteiger charge is 1.90. The first-order valence-electron chi connectivity index (χ1n) is 3.43. The van der Waals surface area contributed by atoms with Crippen molar-refractivity contribution in [3.05, 3.63) is 19.1 Å². The van der Waals surface area contributed by atoms with E-state index in [-0.39, 0.29) is 5.97 Å². The summed E-state index contributed by atoms with van der Waals surface area (Å²) in [7, 11) is 0. The van der Waals surface area contributed by atoms with Crippen LogP contribution in [0.2, 0.25) is 0 Å². The number of carbonyl (C=O) groups excluding carboxylic acids is 1. The van der Waals surface area contributed by atoms with Crippen molar-refractivity contribution in [1.82, 2.24) is 0 Å². The third kappa shape index (κ3) is 5.35. The van der Waals surface area contributed by atoms with Crippen LogP contribution in [-0.4, -0.2) is 12.6 Å². The Labute approximate surface area is 61.9 Å². The molecular formula is C8H13O2. The van der Waals surface area contributed by atoms with Crippen molar-refractivity contribution in [2.45, 2.75) is 19.8 Å². The summed E-state index contributed by atoms with van der Waals surface area (Å²) < 4.78 is 4.64. The standard InChI is InChI=1S/C8H13O2/c1-3-5-6-7-8(9)10-4-2/h6-7H,1,3-5H2,2H3. The quantitative estimate of drug-likeness (QED) is 0.440. The fourth-order valence-electron chi connectivity index (χ4n) is 0.488. The van der Waals surface area contributed by atoms with E-state index in [1.54, 1.807) is 13.0 Å². The highest BCUT2D eigenvalue weighted by Crippen LogP contribution is 1.88. The fourth-order valence-corrected chi connectivity index (χ4v) is 0.488. The third-order valence-electron chi connectivity index (χ3n) is 0.911. The second kappa shape index (κ2) is 6.33. The zero-order valence-electron chi connectivity index (χ0n) is 6.30. The Hall–Kier alpha value is -0.790. The van der Waals surface area contributed by atoms with Gasteiger partial charge in [-0.1, -0.05) is 13.0 Å². The van der Waals surface area contributed by atoms with Crippen LogP contribution in [0.4, 0.5) is 0 Å². The predicted octanol–water partition coefficient (Wildman–Crippen LogP) is 1.72. The summed E-state index contributed by atoms with van der Waals surface area (Å²) in [5.41, 5.74) is 0. The van der Waals surface area contributed by atoms with E-state index >= 15 is 0 Å². The molecule has 2 heteroatoms. The van der Waals surface area contributed by atoms with Crippen LogP contribution in [0, 0.1) is 6.92 Å². The van der Waals surface area contributed by atoms with Crippen molar-refractivity contribution in [3.63, 3.8) is 0 Å². The summed E-state index contributed by atoms with van der Waals surface area (Å²) in [4.78, 5) is 10.6. The molecule has 0 atom stereocenters. The van der Waals surface area contributed by atoms with Crippen molar-refractivity contribution in [3.8, 4) is 0 Å². The lowest BCUT2D eigenvalue weighted by Gasteiger charge is -1.93. The van der Waals surface area contributed by atoms with Crippen molar-refractivity contribution in [1.29, 1.82) is 0 Å². The topological polar surface area (TPSA) is 26.3 Å². The van der Waals surface area contributed by atoms with Crippen LogP contribution in [-0.2, 0) is 9.53 Å². The van der Waals surface area contributed by atoms with E-state index in [0.717, 1.165) is 12.8 Å². The van der Waals surface area contributed by atoms with E-state index in [1.165, 1.54) is 6.08 Å². The average molecular weight is 141 g/mol. The lowest BCUT2D eigenvalue weighted by molar-refractivity contribution is -0.137. The largest absolute Gasteiger partial charge is 0.463 e. The van der Waals surface area contributed by atoms with Crippen molar-refractivity contribution in [2.24, 2.45) is 0 Å². The normalized spacial score (nSPS) is 10.2. The van der Waals surface area contributed by atoms with Gasteiger partial charge in [0, 0.05) is 6.08 Å². The molecule has 0 saturated heterocycles. The molecule has 0 bridgehead atoms. The van der Waals surface area contributed by atoms with E-state index in [9.17, 15) is 4.79 Å². The highest BCUT2D eigenvalue weighted by atomic mass is 16.5. The Bertz CT molecular complexity index is 116. The molecule has 0 unspecified atom stereocenters. The SMILES string of the molecule is [CH2]CCC=CC(=O)OCC. The van der Waals surface area contributed by atoms with Gasteiger partial charge in [0.1, 0.15) is 0 Å². The van der Waals surface area contributed by atoms with Gasteiger partial charge in [0.15, 0.2) is 0 Å². The average Bonchev–Trinajstić information content (AvgIpc) is 1.89. The molecule has 0 rings (SSSR count). The Morgan fingerprint density at radius 1 is 1.70 bits per heavy atom. The van der Waals surface area contributed by atoms with Crippen LogP contribution in [0.15, 0.2) is 12.2 Å². The van der Waals surface area contributed by atoms with Gasteiger partial charge in [-0.15, -0.1) is 0 Å². The van der Waals surface area contributed by atoms with Gasteiger partial charge in [-0.2, -0.15) is 0 Å². The number of unbranched alkanes of at least 4 members (excludes halogenated alkanes) is 1. The monoisotopic (exact) mass is 141 g/mol. The molecule has 0 fully saturated rings. The maximum atomic E-state index is 10.6. The first-order chi connectivity index (χ1) is 4.81. The highest BCUT2D eigenvalue weighted by molar-refractivity contribution is 5.81. The molecule has 0 spiro atoms. The summed E-state index contributed by atoms with van der Waals surface area (Å²) in [6.07, 6.45) is 4.86. The molecule has 0 aliphatic heterocycles. The van der Waals surface area contributed by atoms with Crippen LogP contribution in [0.3, 0.4) is 0 Å². The van der Waals surface area contributed by atoms with E-state index in [0.29, 0.717) is 6.61 Å².